The number of rotatable bonds is 5. The zero-order valence-corrected chi connectivity index (χ0v) is 12.9. The number of benzene rings is 1. The predicted molar refractivity (Wildman–Crippen MR) is 72.6 cm³/mol. The van der Waals surface area contributed by atoms with Gasteiger partial charge in [0.05, 0.1) is 27.4 Å². The largest absolute Gasteiger partial charge is 0.496 e. The molecule has 0 bridgehead atoms. The highest BCUT2D eigenvalue weighted by atomic mass is 35.7. The van der Waals surface area contributed by atoms with Crippen molar-refractivity contribution in [2.45, 2.75) is 11.0 Å². The number of ether oxygens (including phenoxy) is 4. The summed E-state index contributed by atoms with van der Waals surface area (Å²) in [6, 6.07) is 2.51. The fourth-order valence-corrected chi connectivity index (χ4v) is 2.80. The third-order valence-corrected chi connectivity index (χ3v) is 4.20. The molecule has 0 amide bonds. The Balaban J connectivity index is 2.51. The van der Waals surface area contributed by atoms with Gasteiger partial charge in [-0.3, -0.25) is 0 Å². The van der Waals surface area contributed by atoms with Gasteiger partial charge in [-0.05, 0) is 12.1 Å². The first kappa shape index (κ1) is 15.9. The van der Waals surface area contributed by atoms with E-state index in [1.807, 2.05) is 0 Å². The topological polar surface area (TPSA) is 88.1 Å². The van der Waals surface area contributed by atoms with E-state index in [1.165, 1.54) is 26.4 Å². The van der Waals surface area contributed by atoms with Crippen LogP contribution in [0, 0.1) is 0 Å². The zero-order valence-electron chi connectivity index (χ0n) is 11.3. The van der Waals surface area contributed by atoms with Gasteiger partial charge in [-0.2, -0.15) is 0 Å². The number of carbonyl (C=O) groups excluding carboxylic acids is 1. The standard InChI is InChI=1S/C12H13ClO7S/c1-17-8-3-4-9(21(13,15)16)11(18-2)10(8)12(14)20-7-5-19-6-7/h3-4,7H,5-6H2,1-2H3. The number of carbonyl (C=O) groups is 1. The maximum atomic E-state index is 12.2. The molecule has 116 valence electrons. The van der Waals surface area contributed by atoms with E-state index in [0.29, 0.717) is 13.2 Å². The van der Waals surface area contributed by atoms with Gasteiger partial charge in [-0.15, -0.1) is 0 Å². The van der Waals surface area contributed by atoms with Gasteiger partial charge in [0, 0.05) is 10.7 Å². The van der Waals surface area contributed by atoms with E-state index < -0.39 is 15.0 Å². The molecule has 1 heterocycles. The SMILES string of the molecule is COc1ccc(S(=O)(=O)Cl)c(OC)c1C(=O)OC1COC1. The average molecular weight is 337 g/mol. The molecule has 21 heavy (non-hydrogen) atoms. The van der Waals surface area contributed by atoms with Crippen molar-refractivity contribution in [3.63, 3.8) is 0 Å². The quantitative estimate of drug-likeness (QED) is 0.589. The van der Waals surface area contributed by atoms with Gasteiger partial charge in [0.25, 0.3) is 9.05 Å². The average Bonchev–Trinajstić information content (AvgIpc) is 2.39. The molecule has 1 aliphatic rings. The van der Waals surface area contributed by atoms with Crippen molar-refractivity contribution in [3.05, 3.63) is 17.7 Å². The Morgan fingerprint density at radius 2 is 1.95 bits per heavy atom. The third-order valence-electron chi connectivity index (χ3n) is 2.86. The molecular weight excluding hydrogens is 324 g/mol. The molecule has 0 aliphatic carbocycles. The summed E-state index contributed by atoms with van der Waals surface area (Å²) in [4.78, 5) is 11.9. The van der Waals surface area contributed by atoms with E-state index in [4.69, 9.17) is 29.6 Å². The van der Waals surface area contributed by atoms with Crippen molar-refractivity contribution in [1.29, 1.82) is 0 Å². The second-order valence-electron chi connectivity index (χ2n) is 4.18. The molecular formula is C12H13ClO7S. The van der Waals surface area contributed by atoms with Gasteiger partial charge in [0.1, 0.15) is 22.3 Å². The number of esters is 1. The maximum Gasteiger partial charge on any atom is 0.346 e. The molecule has 1 fully saturated rings. The Kier molecular flexibility index (Phi) is 4.60. The monoisotopic (exact) mass is 336 g/mol. The van der Waals surface area contributed by atoms with Crippen molar-refractivity contribution in [2.24, 2.45) is 0 Å². The lowest BCUT2D eigenvalue weighted by atomic mass is 10.1. The van der Waals surface area contributed by atoms with Crippen LogP contribution in [0.25, 0.3) is 0 Å². The summed E-state index contributed by atoms with van der Waals surface area (Å²) in [7, 11) is 3.82. The summed E-state index contributed by atoms with van der Waals surface area (Å²) in [6.45, 7) is 0.591. The molecule has 9 heteroatoms. The van der Waals surface area contributed by atoms with Crippen LogP contribution in [0.3, 0.4) is 0 Å². The molecule has 1 saturated heterocycles. The summed E-state index contributed by atoms with van der Waals surface area (Å²) in [6.07, 6.45) is -0.372. The van der Waals surface area contributed by atoms with Crippen LogP contribution in [0.4, 0.5) is 0 Å². The first-order chi connectivity index (χ1) is 9.88. The van der Waals surface area contributed by atoms with E-state index in [9.17, 15) is 13.2 Å². The van der Waals surface area contributed by atoms with Gasteiger partial charge in [0.15, 0.2) is 5.75 Å². The molecule has 0 unspecified atom stereocenters. The first-order valence-electron chi connectivity index (χ1n) is 5.86. The van der Waals surface area contributed by atoms with Gasteiger partial charge in [-0.1, -0.05) is 0 Å². The van der Waals surface area contributed by atoms with Gasteiger partial charge in [-0.25, -0.2) is 13.2 Å². The summed E-state index contributed by atoms with van der Waals surface area (Å²) < 4.78 is 43.3. The van der Waals surface area contributed by atoms with Gasteiger partial charge >= 0.3 is 5.97 Å². The Morgan fingerprint density at radius 1 is 1.29 bits per heavy atom. The molecule has 0 spiro atoms. The summed E-state index contributed by atoms with van der Waals surface area (Å²) in [5.41, 5.74) is -0.131. The molecule has 2 rings (SSSR count). The minimum absolute atomic E-state index is 0.126. The van der Waals surface area contributed by atoms with Crippen LogP contribution in [0.1, 0.15) is 10.4 Å². The molecule has 0 N–H and O–H groups in total. The smallest absolute Gasteiger partial charge is 0.346 e. The van der Waals surface area contributed by atoms with E-state index in [1.54, 1.807) is 0 Å². The Bertz CT molecular complexity index is 652. The Morgan fingerprint density at radius 3 is 2.38 bits per heavy atom. The highest BCUT2D eigenvalue weighted by molar-refractivity contribution is 8.13. The fourth-order valence-electron chi connectivity index (χ4n) is 1.80. The van der Waals surface area contributed by atoms with E-state index >= 15 is 0 Å². The van der Waals surface area contributed by atoms with Crippen LogP contribution in [0.15, 0.2) is 17.0 Å². The fraction of sp³-hybridized carbons (Fsp3) is 0.417. The van der Waals surface area contributed by atoms with Crippen molar-refractivity contribution >= 4 is 25.7 Å². The highest BCUT2D eigenvalue weighted by Crippen LogP contribution is 2.37. The number of hydrogen-bond donors (Lipinski definition) is 0. The second-order valence-corrected chi connectivity index (χ2v) is 6.71. The molecule has 1 aromatic rings. The van der Waals surface area contributed by atoms with E-state index in [2.05, 4.69) is 0 Å². The third kappa shape index (κ3) is 3.22. The molecule has 7 nitrogen and oxygen atoms in total. The first-order valence-corrected chi connectivity index (χ1v) is 8.17. The van der Waals surface area contributed by atoms with Crippen molar-refractivity contribution in [2.75, 3.05) is 27.4 Å². The summed E-state index contributed by atoms with van der Waals surface area (Å²) in [5.74, 6) is -0.852. The van der Waals surface area contributed by atoms with Crippen LogP contribution < -0.4 is 9.47 Å². The Hall–Kier alpha value is -1.51. The molecule has 1 aromatic carbocycles. The molecule has 1 aliphatic heterocycles. The van der Waals surface area contributed by atoms with Crippen LogP contribution in [0.2, 0.25) is 0 Å². The normalized spacial score (nSPS) is 15.2. The Labute approximate surface area is 126 Å². The van der Waals surface area contributed by atoms with Crippen LogP contribution in [-0.2, 0) is 18.5 Å². The summed E-state index contributed by atoms with van der Waals surface area (Å²) >= 11 is 0. The minimum atomic E-state index is -4.09. The van der Waals surface area contributed by atoms with Crippen LogP contribution >= 0.6 is 10.7 Å². The van der Waals surface area contributed by atoms with Crippen molar-refractivity contribution in [3.8, 4) is 11.5 Å². The van der Waals surface area contributed by atoms with E-state index in [0.717, 1.165) is 0 Å². The van der Waals surface area contributed by atoms with Crippen LogP contribution in [-0.4, -0.2) is 47.9 Å². The number of hydrogen-bond acceptors (Lipinski definition) is 7. The number of halogens is 1. The lowest BCUT2D eigenvalue weighted by Gasteiger charge is -2.26. The predicted octanol–water partition coefficient (Wildman–Crippen LogP) is 1.19. The van der Waals surface area contributed by atoms with Crippen molar-refractivity contribution < 1.29 is 32.2 Å². The maximum absolute atomic E-state index is 12.2. The van der Waals surface area contributed by atoms with Gasteiger partial charge in [0.2, 0.25) is 0 Å². The lowest BCUT2D eigenvalue weighted by Crippen LogP contribution is -2.38. The molecule has 0 atom stereocenters. The molecule has 0 radical (unpaired) electrons. The van der Waals surface area contributed by atoms with Crippen molar-refractivity contribution in [1.82, 2.24) is 0 Å². The van der Waals surface area contributed by atoms with Gasteiger partial charge < -0.3 is 18.9 Å². The second kappa shape index (κ2) is 6.08. The lowest BCUT2D eigenvalue weighted by molar-refractivity contribution is -0.103. The van der Waals surface area contributed by atoms with Crippen LogP contribution in [0.5, 0.6) is 11.5 Å². The number of methoxy groups -OCH3 is 2. The van der Waals surface area contributed by atoms with E-state index in [-0.39, 0.29) is 28.1 Å². The molecule has 0 saturated carbocycles. The minimum Gasteiger partial charge on any atom is -0.496 e. The highest BCUT2D eigenvalue weighted by Gasteiger charge is 2.31. The molecule has 0 aromatic heterocycles. The summed E-state index contributed by atoms with van der Waals surface area (Å²) in [5, 5.41) is 0. The zero-order chi connectivity index (χ0) is 15.6.